The van der Waals surface area contributed by atoms with Gasteiger partial charge in [-0.2, -0.15) is 0 Å². The highest BCUT2D eigenvalue weighted by molar-refractivity contribution is 5.40. The van der Waals surface area contributed by atoms with E-state index >= 15 is 0 Å². The van der Waals surface area contributed by atoms with E-state index in [0.717, 1.165) is 18.3 Å². The number of nitrogen functional groups attached to an aromatic ring is 1. The molecule has 2 rings (SSSR count). The number of nitrogens with zero attached hydrogens (tertiary/aromatic N) is 2. The first-order valence-electron chi connectivity index (χ1n) is 7.46. The summed E-state index contributed by atoms with van der Waals surface area (Å²) in [7, 11) is 2.24. The summed E-state index contributed by atoms with van der Waals surface area (Å²) in [6.07, 6.45) is 3.85. The molecule has 0 bridgehead atoms. The van der Waals surface area contributed by atoms with Crippen molar-refractivity contribution >= 4 is 5.69 Å². The van der Waals surface area contributed by atoms with Crippen molar-refractivity contribution in [3.8, 4) is 0 Å². The summed E-state index contributed by atoms with van der Waals surface area (Å²) in [6.45, 7) is 7.02. The number of hydrogen-bond donors (Lipinski definition) is 1. The average Bonchev–Trinajstić information content (AvgIpc) is 2.40. The molecule has 0 atom stereocenters. The van der Waals surface area contributed by atoms with Crippen LogP contribution in [-0.4, -0.2) is 42.5 Å². The number of rotatable bonds is 5. The molecular weight excluding hydrogens is 234 g/mol. The second-order valence-corrected chi connectivity index (χ2v) is 5.73. The standard InChI is InChI=1S/C16H27N3/c1-3-9-19-10-7-16(8-11-19)18(2)13-14-5-4-6-15(17)12-14/h4-6,12,16H,3,7-11,13,17H2,1-2H3. The highest BCUT2D eigenvalue weighted by atomic mass is 15.2. The predicted molar refractivity (Wildman–Crippen MR) is 82.1 cm³/mol. The van der Waals surface area contributed by atoms with Gasteiger partial charge < -0.3 is 10.6 Å². The summed E-state index contributed by atoms with van der Waals surface area (Å²) in [5, 5.41) is 0. The fourth-order valence-corrected chi connectivity index (χ4v) is 3.01. The number of anilines is 1. The van der Waals surface area contributed by atoms with Crippen LogP contribution < -0.4 is 5.73 Å². The minimum Gasteiger partial charge on any atom is -0.399 e. The predicted octanol–water partition coefficient (Wildman–Crippen LogP) is 2.58. The zero-order valence-electron chi connectivity index (χ0n) is 12.3. The van der Waals surface area contributed by atoms with Gasteiger partial charge in [0.05, 0.1) is 0 Å². The SMILES string of the molecule is CCCN1CCC(N(C)Cc2cccc(N)c2)CC1. The van der Waals surface area contributed by atoms with E-state index in [4.69, 9.17) is 5.73 Å². The monoisotopic (exact) mass is 261 g/mol. The Balaban J connectivity index is 1.82. The highest BCUT2D eigenvalue weighted by Gasteiger charge is 2.21. The van der Waals surface area contributed by atoms with Crippen LogP contribution in [0.15, 0.2) is 24.3 Å². The fraction of sp³-hybridized carbons (Fsp3) is 0.625. The molecule has 0 saturated carbocycles. The molecule has 1 aromatic carbocycles. The maximum atomic E-state index is 5.84. The van der Waals surface area contributed by atoms with Gasteiger partial charge in [0.1, 0.15) is 0 Å². The van der Waals surface area contributed by atoms with Crippen molar-refractivity contribution in [3.63, 3.8) is 0 Å². The molecule has 3 nitrogen and oxygen atoms in total. The van der Waals surface area contributed by atoms with E-state index in [2.05, 4.69) is 35.9 Å². The Labute approximate surface area is 117 Å². The Bertz CT molecular complexity index is 383. The molecule has 106 valence electrons. The number of piperidine rings is 1. The Morgan fingerprint density at radius 3 is 2.68 bits per heavy atom. The first-order chi connectivity index (χ1) is 9.19. The first kappa shape index (κ1) is 14.4. The largest absolute Gasteiger partial charge is 0.399 e. The van der Waals surface area contributed by atoms with E-state index in [1.807, 2.05) is 12.1 Å². The topological polar surface area (TPSA) is 32.5 Å². The fourth-order valence-electron chi connectivity index (χ4n) is 3.01. The van der Waals surface area contributed by atoms with E-state index in [1.165, 1.54) is 44.5 Å². The maximum absolute atomic E-state index is 5.84. The van der Waals surface area contributed by atoms with Crippen molar-refractivity contribution in [2.24, 2.45) is 0 Å². The number of hydrogen-bond acceptors (Lipinski definition) is 3. The lowest BCUT2D eigenvalue weighted by molar-refractivity contribution is 0.123. The molecule has 19 heavy (non-hydrogen) atoms. The third-order valence-corrected chi connectivity index (χ3v) is 4.10. The van der Waals surface area contributed by atoms with Gasteiger partial charge in [-0.3, -0.25) is 4.90 Å². The molecule has 0 spiro atoms. The van der Waals surface area contributed by atoms with Gasteiger partial charge >= 0.3 is 0 Å². The van der Waals surface area contributed by atoms with Crippen molar-refractivity contribution in [1.82, 2.24) is 9.80 Å². The lowest BCUT2D eigenvalue weighted by atomic mass is 10.0. The summed E-state index contributed by atoms with van der Waals surface area (Å²) in [5.41, 5.74) is 8.02. The molecule has 1 saturated heterocycles. The molecule has 0 amide bonds. The van der Waals surface area contributed by atoms with Gasteiger partial charge in [-0.05, 0) is 63.6 Å². The van der Waals surface area contributed by atoms with E-state index in [9.17, 15) is 0 Å². The van der Waals surface area contributed by atoms with Gasteiger partial charge in [0.15, 0.2) is 0 Å². The quantitative estimate of drug-likeness (QED) is 0.827. The van der Waals surface area contributed by atoms with Crippen molar-refractivity contribution in [3.05, 3.63) is 29.8 Å². The second-order valence-electron chi connectivity index (χ2n) is 5.73. The normalized spacial score (nSPS) is 18.1. The van der Waals surface area contributed by atoms with Crippen LogP contribution in [0.3, 0.4) is 0 Å². The summed E-state index contributed by atoms with van der Waals surface area (Å²) >= 11 is 0. The maximum Gasteiger partial charge on any atom is 0.0317 e. The Morgan fingerprint density at radius 1 is 1.32 bits per heavy atom. The van der Waals surface area contributed by atoms with Crippen LogP contribution in [-0.2, 0) is 6.54 Å². The minimum absolute atomic E-state index is 0.717. The second kappa shape index (κ2) is 6.92. The molecule has 0 aliphatic carbocycles. The van der Waals surface area contributed by atoms with E-state index in [1.54, 1.807) is 0 Å². The zero-order chi connectivity index (χ0) is 13.7. The molecule has 1 fully saturated rings. The van der Waals surface area contributed by atoms with Gasteiger partial charge in [0.2, 0.25) is 0 Å². The zero-order valence-corrected chi connectivity index (χ0v) is 12.3. The summed E-state index contributed by atoms with van der Waals surface area (Å²) in [6, 6.07) is 8.96. The van der Waals surface area contributed by atoms with Crippen molar-refractivity contribution < 1.29 is 0 Å². The lowest BCUT2D eigenvalue weighted by Gasteiger charge is -2.36. The van der Waals surface area contributed by atoms with Crippen molar-refractivity contribution in [1.29, 1.82) is 0 Å². The van der Waals surface area contributed by atoms with Gasteiger partial charge in [0, 0.05) is 18.3 Å². The highest BCUT2D eigenvalue weighted by Crippen LogP contribution is 2.18. The summed E-state index contributed by atoms with van der Waals surface area (Å²) in [5.74, 6) is 0. The van der Waals surface area contributed by atoms with Crippen LogP contribution in [0.4, 0.5) is 5.69 Å². The lowest BCUT2D eigenvalue weighted by Crippen LogP contribution is -2.43. The van der Waals surface area contributed by atoms with Gasteiger partial charge in [-0.1, -0.05) is 19.1 Å². The third-order valence-electron chi connectivity index (χ3n) is 4.10. The molecule has 1 aromatic rings. The van der Waals surface area contributed by atoms with Gasteiger partial charge in [-0.15, -0.1) is 0 Å². The Morgan fingerprint density at radius 2 is 2.05 bits per heavy atom. The number of likely N-dealkylation sites (tertiary alicyclic amines) is 1. The molecule has 1 heterocycles. The molecule has 0 aromatic heterocycles. The van der Waals surface area contributed by atoms with Crippen LogP contribution >= 0.6 is 0 Å². The van der Waals surface area contributed by atoms with Crippen LogP contribution in [0.2, 0.25) is 0 Å². The van der Waals surface area contributed by atoms with Crippen LogP contribution in [0.25, 0.3) is 0 Å². The van der Waals surface area contributed by atoms with E-state index < -0.39 is 0 Å². The molecular formula is C16H27N3. The minimum atomic E-state index is 0.717. The average molecular weight is 261 g/mol. The Kier molecular flexibility index (Phi) is 5.23. The molecule has 0 unspecified atom stereocenters. The molecule has 3 heteroatoms. The molecule has 0 radical (unpaired) electrons. The van der Waals surface area contributed by atoms with Crippen molar-refractivity contribution in [2.45, 2.75) is 38.8 Å². The van der Waals surface area contributed by atoms with E-state index in [0.29, 0.717) is 0 Å². The van der Waals surface area contributed by atoms with Gasteiger partial charge in [-0.25, -0.2) is 0 Å². The van der Waals surface area contributed by atoms with Crippen LogP contribution in [0, 0.1) is 0 Å². The van der Waals surface area contributed by atoms with Crippen molar-refractivity contribution in [2.75, 3.05) is 32.4 Å². The smallest absolute Gasteiger partial charge is 0.0317 e. The molecule has 1 aliphatic heterocycles. The first-order valence-corrected chi connectivity index (χ1v) is 7.46. The van der Waals surface area contributed by atoms with E-state index in [-0.39, 0.29) is 0 Å². The number of nitrogens with two attached hydrogens (primary N) is 1. The summed E-state index contributed by atoms with van der Waals surface area (Å²) in [4.78, 5) is 5.07. The number of benzene rings is 1. The van der Waals surface area contributed by atoms with Crippen LogP contribution in [0.5, 0.6) is 0 Å². The van der Waals surface area contributed by atoms with Gasteiger partial charge in [0.25, 0.3) is 0 Å². The third kappa shape index (κ3) is 4.22. The Hall–Kier alpha value is -1.06. The van der Waals surface area contributed by atoms with Crippen LogP contribution in [0.1, 0.15) is 31.7 Å². The summed E-state index contributed by atoms with van der Waals surface area (Å²) < 4.78 is 0. The molecule has 1 aliphatic rings. The molecule has 2 N–H and O–H groups in total.